The Balaban J connectivity index is 1.52. The number of rotatable bonds is 6. The number of aryl methyl sites for hydroxylation is 1. The van der Waals surface area contributed by atoms with Crippen molar-refractivity contribution >= 4 is 17.5 Å². The number of hydrogen-bond acceptors (Lipinski definition) is 3. The SMILES string of the molecule is CN(C)CCCNC(=O)C1CC1C(=O)N1CCCc2ccccc21. The number of anilines is 1. The van der Waals surface area contributed by atoms with Crippen molar-refractivity contribution in [1.82, 2.24) is 10.2 Å². The quantitative estimate of drug-likeness (QED) is 0.808. The molecule has 1 saturated carbocycles. The molecule has 2 unspecified atom stereocenters. The maximum Gasteiger partial charge on any atom is 0.230 e. The molecule has 1 N–H and O–H groups in total. The van der Waals surface area contributed by atoms with Gasteiger partial charge in [-0.25, -0.2) is 0 Å². The molecule has 5 nitrogen and oxygen atoms in total. The maximum absolute atomic E-state index is 12.8. The monoisotopic (exact) mass is 329 g/mol. The Morgan fingerprint density at radius 1 is 1.25 bits per heavy atom. The van der Waals surface area contributed by atoms with Crippen LogP contribution in [0.1, 0.15) is 24.8 Å². The number of benzene rings is 1. The lowest BCUT2D eigenvalue weighted by Gasteiger charge is -2.29. The highest BCUT2D eigenvalue weighted by Gasteiger charge is 2.49. The molecular formula is C19H27N3O2. The lowest BCUT2D eigenvalue weighted by molar-refractivity contribution is -0.126. The van der Waals surface area contributed by atoms with E-state index in [4.69, 9.17) is 0 Å². The summed E-state index contributed by atoms with van der Waals surface area (Å²) < 4.78 is 0. The summed E-state index contributed by atoms with van der Waals surface area (Å²) in [5.74, 6) is -0.107. The van der Waals surface area contributed by atoms with E-state index < -0.39 is 0 Å². The van der Waals surface area contributed by atoms with E-state index in [-0.39, 0.29) is 23.7 Å². The zero-order chi connectivity index (χ0) is 17.1. The third-order valence-corrected chi connectivity index (χ3v) is 4.90. The van der Waals surface area contributed by atoms with E-state index in [0.717, 1.165) is 38.0 Å². The summed E-state index contributed by atoms with van der Waals surface area (Å²) in [6.07, 6.45) is 3.65. The van der Waals surface area contributed by atoms with E-state index in [1.54, 1.807) is 0 Å². The smallest absolute Gasteiger partial charge is 0.230 e. The number of fused-ring (bicyclic) bond motifs is 1. The second kappa shape index (κ2) is 7.34. The van der Waals surface area contributed by atoms with Gasteiger partial charge in [0.2, 0.25) is 11.8 Å². The molecule has 3 rings (SSSR count). The maximum atomic E-state index is 12.8. The largest absolute Gasteiger partial charge is 0.356 e. The minimum Gasteiger partial charge on any atom is -0.356 e. The number of carbonyl (C=O) groups is 2. The highest BCUT2D eigenvalue weighted by molar-refractivity contribution is 6.01. The fraction of sp³-hybridized carbons (Fsp3) is 0.579. The molecule has 1 heterocycles. The summed E-state index contributed by atoms with van der Waals surface area (Å²) in [4.78, 5) is 29.0. The predicted molar refractivity (Wildman–Crippen MR) is 94.9 cm³/mol. The Bertz CT molecular complexity index is 614. The molecule has 2 atom stereocenters. The third-order valence-electron chi connectivity index (χ3n) is 4.90. The average molecular weight is 329 g/mol. The highest BCUT2D eigenvalue weighted by Crippen LogP contribution is 2.42. The number of nitrogens with zero attached hydrogens (tertiary/aromatic N) is 2. The van der Waals surface area contributed by atoms with Crippen LogP contribution >= 0.6 is 0 Å². The van der Waals surface area contributed by atoms with Crippen molar-refractivity contribution in [2.45, 2.75) is 25.7 Å². The summed E-state index contributed by atoms with van der Waals surface area (Å²) in [5.41, 5.74) is 2.27. The standard InChI is InChI=1S/C19H27N3O2/c1-21(2)11-6-10-20-18(23)15-13-16(15)19(24)22-12-5-8-14-7-3-4-9-17(14)22/h3-4,7,9,15-16H,5-6,8,10-13H2,1-2H3,(H,20,23). The van der Waals surface area contributed by atoms with Gasteiger partial charge in [0.05, 0.1) is 11.8 Å². The van der Waals surface area contributed by atoms with Crippen molar-refractivity contribution in [2.75, 3.05) is 38.6 Å². The number of para-hydroxylation sites is 1. The molecule has 1 aromatic carbocycles. The van der Waals surface area contributed by atoms with Crippen LogP contribution in [0.3, 0.4) is 0 Å². The molecule has 2 amide bonds. The zero-order valence-corrected chi connectivity index (χ0v) is 14.6. The normalized spacial score (nSPS) is 22.2. The van der Waals surface area contributed by atoms with Gasteiger partial charge in [0.15, 0.2) is 0 Å². The van der Waals surface area contributed by atoms with Gasteiger partial charge < -0.3 is 15.1 Å². The number of nitrogens with one attached hydrogen (secondary N) is 1. The van der Waals surface area contributed by atoms with Crippen molar-refractivity contribution in [3.8, 4) is 0 Å². The Labute approximate surface area is 144 Å². The van der Waals surface area contributed by atoms with Crippen LogP contribution in [0.2, 0.25) is 0 Å². The predicted octanol–water partition coefficient (Wildman–Crippen LogP) is 1.67. The topological polar surface area (TPSA) is 52.7 Å². The molecule has 0 bridgehead atoms. The molecule has 1 aromatic rings. The molecule has 2 aliphatic rings. The van der Waals surface area contributed by atoms with E-state index in [1.165, 1.54) is 5.56 Å². The molecule has 24 heavy (non-hydrogen) atoms. The van der Waals surface area contributed by atoms with Crippen LogP contribution in [0.15, 0.2) is 24.3 Å². The first kappa shape index (κ1) is 17.0. The number of hydrogen-bond donors (Lipinski definition) is 1. The van der Waals surface area contributed by atoms with E-state index in [2.05, 4.69) is 16.3 Å². The van der Waals surface area contributed by atoms with Crippen LogP contribution < -0.4 is 10.2 Å². The van der Waals surface area contributed by atoms with Crippen LogP contribution in [0, 0.1) is 11.8 Å². The molecule has 1 aliphatic carbocycles. The Morgan fingerprint density at radius 2 is 2.04 bits per heavy atom. The number of amides is 2. The molecular weight excluding hydrogens is 302 g/mol. The van der Waals surface area contributed by atoms with Gasteiger partial charge in [-0.15, -0.1) is 0 Å². The molecule has 5 heteroatoms. The molecule has 0 spiro atoms. The Hall–Kier alpha value is -1.88. The molecule has 0 radical (unpaired) electrons. The zero-order valence-electron chi connectivity index (χ0n) is 14.6. The molecule has 0 saturated heterocycles. The van der Waals surface area contributed by atoms with Crippen LogP contribution in [-0.4, -0.2) is 50.4 Å². The van der Waals surface area contributed by atoms with Gasteiger partial charge in [-0.3, -0.25) is 9.59 Å². The summed E-state index contributed by atoms with van der Waals surface area (Å²) in [6.45, 7) is 2.41. The second-order valence-electron chi connectivity index (χ2n) is 7.12. The first-order chi connectivity index (χ1) is 11.6. The van der Waals surface area contributed by atoms with E-state index >= 15 is 0 Å². The summed E-state index contributed by atoms with van der Waals surface area (Å²) in [6, 6.07) is 8.11. The summed E-state index contributed by atoms with van der Waals surface area (Å²) >= 11 is 0. The van der Waals surface area contributed by atoms with Crippen LogP contribution in [0.4, 0.5) is 5.69 Å². The van der Waals surface area contributed by atoms with Crippen LogP contribution in [-0.2, 0) is 16.0 Å². The Morgan fingerprint density at radius 3 is 2.83 bits per heavy atom. The van der Waals surface area contributed by atoms with Gasteiger partial charge in [0, 0.05) is 18.8 Å². The summed E-state index contributed by atoms with van der Waals surface area (Å²) in [5, 5.41) is 2.97. The molecule has 0 aromatic heterocycles. The van der Waals surface area contributed by atoms with Gasteiger partial charge in [-0.05, 0) is 58.0 Å². The third kappa shape index (κ3) is 3.78. The van der Waals surface area contributed by atoms with Gasteiger partial charge in [0.25, 0.3) is 0 Å². The fourth-order valence-electron chi connectivity index (χ4n) is 3.46. The van der Waals surface area contributed by atoms with Gasteiger partial charge in [-0.1, -0.05) is 18.2 Å². The van der Waals surface area contributed by atoms with Gasteiger partial charge in [-0.2, -0.15) is 0 Å². The highest BCUT2D eigenvalue weighted by atomic mass is 16.2. The van der Waals surface area contributed by atoms with E-state index in [0.29, 0.717) is 13.0 Å². The Kier molecular flexibility index (Phi) is 5.19. The van der Waals surface area contributed by atoms with Gasteiger partial charge >= 0.3 is 0 Å². The first-order valence-corrected chi connectivity index (χ1v) is 8.89. The van der Waals surface area contributed by atoms with Crippen molar-refractivity contribution in [1.29, 1.82) is 0 Å². The summed E-state index contributed by atoms with van der Waals surface area (Å²) in [7, 11) is 4.04. The van der Waals surface area contributed by atoms with Crippen LogP contribution in [0.5, 0.6) is 0 Å². The average Bonchev–Trinajstić information content (AvgIpc) is 3.38. The molecule has 130 valence electrons. The lowest BCUT2D eigenvalue weighted by atomic mass is 10.0. The lowest BCUT2D eigenvalue weighted by Crippen LogP contribution is -2.38. The molecule has 1 fully saturated rings. The van der Waals surface area contributed by atoms with Crippen molar-refractivity contribution in [2.24, 2.45) is 11.8 Å². The van der Waals surface area contributed by atoms with Crippen molar-refractivity contribution in [3.05, 3.63) is 29.8 Å². The van der Waals surface area contributed by atoms with Crippen molar-refractivity contribution < 1.29 is 9.59 Å². The fourth-order valence-corrected chi connectivity index (χ4v) is 3.46. The molecule has 1 aliphatic heterocycles. The van der Waals surface area contributed by atoms with Crippen LogP contribution in [0.25, 0.3) is 0 Å². The second-order valence-corrected chi connectivity index (χ2v) is 7.12. The number of carbonyl (C=O) groups excluding carboxylic acids is 2. The minimum absolute atomic E-state index is 0.0393. The first-order valence-electron chi connectivity index (χ1n) is 8.89. The van der Waals surface area contributed by atoms with Crippen molar-refractivity contribution in [3.63, 3.8) is 0 Å². The minimum atomic E-state index is -0.134. The van der Waals surface area contributed by atoms with Gasteiger partial charge in [0.1, 0.15) is 0 Å². The van der Waals surface area contributed by atoms with E-state index in [1.807, 2.05) is 37.2 Å². The van der Waals surface area contributed by atoms with E-state index in [9.17, 15) is 9.59 Å².